The Bertz CT molecular complexity index is 1700. The number of hydrogen-bond acceptors (Lipinski definition) is 0. The SMILES string of the molecule is C[Si]1(C)c2ccccc2B2c3ccc(-n4c5c(c6ccccc64)CCC5)cc3[Se]c3cccc1c32. The fraction of sp³-hybridized carbons (Fsp3) is 0.161. The number of para-hydroxylation sites is 1. The van der Waals surface area contributed by atoms with Crippen molar-refractivity contribution in [1.29, 1.82) is 0 Å². The van der Waals surface area contributed by atoms with Crippen LogP contribution < -0.4 is 35.7 Å². The van der Waals surface area contributed by atoms with Gasteiger partial charge in [0.25, 0.3) is 0 Å². The number of rotatable bonds is 1. The molecule has 0 saturated heterocycles. The fourth-order valence-corrected chi connectivity index (χ4v) is 13.1. The van der Waals surface area contributed by atoms with Gasteiger partial charge in [-0.3, -0.25) is 0 Å². The Kier molecular flexibility index (Phi) is 4.16. The quantitative estimate of drug-likeness (QED) is 0.286. The third kappa shape index (κ3) is 2.65. The summed E-state index contributed by atoms with van der Waals surface area (Å²) < 4.78 is 5.73. The van der Waals surface area contributed by atoms with Gasteiger partial charge in [-0.2, -0.15) is 0 Å². The van der Waals surface area contributed by atoms with Gasteiger partial charge in [0.15, 0.2) is 0 Å². The van der Waals surface area contributed by atoms with Crippen molar-refractivity contribution in [3.05, 3.63) is 96.2 Å². The first-order valence-corrected chi connectivity index (χ1v) is 17.5. The summed E-state index contributed by atoms with van der Waals surface area (Å²) in [5, 5.41) is 4.73. The van der Waals surface area contributed by atoms with Crippen molar-refractivity contribution in [2.75, 3.05) is 0 Å². The summed E-state index contributed by atoms with van der Waals surface area (Å²) in [6.07, 6.45) is 3.68. The van der Waals surface area contributed by atoms with Crippen LogP contribution in [0, 0.1) is 0 Å². The first kappa shape index (κ1) is 20.4. The molecule has 8 rings (SSSR count). The summed E-state index contributed by atoms with van der Waals surface area (Å²) >= 11 is 0.329. The second-order valence-electron chi connectivity index (χ2n) is 10.8. The predicted octanol–water partition coefficient (Wildman–Crippen LogP) is 1.74. The van der Waals surface area contributed by atoms with Crippen LogP contribution in [0.2, 0.25) is 13.1 Å². The molecular weight excluding hydrogens is 504 g/mol. The molecule has 0 atom stereocenters. The van der Waals surface area contributed by atoms with Gasteiger partial charge in [0.2, 0.25) is 0 Å². The van der Waals surface area contributed by atoms with E-state index >= 15 is 0 Å². The number of nitrogens with zero attached hydrogens (tertiary/aromatic N) is 1. The molecule has 3 heterocycles. The van der Waals surface area contributed by atoms with Gasteiger partial charge in [-0.1, -0.05) is 0 Å². The first-order chi connectivity index (χ1) is 17.1. The predicted molar refractivity (Wildman–Crippen MR) is 155 cm³/mol. The molecule has 1 nitrogen and oxygen atoms in total. The maximum absolute atomic E-state index is 2.57. The minimum atomic E-state index is -1.70. The molecule has 0 unspecified atom stereocenters. The van der Waals surface area contributed by atoms with Gasteiger partial charge >= 0.3 is 215 Å². The van der Waals surface area contributed by atoms with E-state index in [4.69, 9.17) is 0 Å². The van der Waals surface area contributed by atoms with Crippen molar-refractivity contribution in [3.63, 3.8) is 0 Å². The van der Waals surface area contributed by atoms with Crippen LogP contribution in [0.1, 0.15) is 17.7 Å². The Balaban J connectivity index is 1.37. The Morgan fingerprint density at radius 2 is 1.60 bits per heavy atom. The monoisotopic (exact) mass is 531 g/mol. The average Bonchev–Trinajstić information content (AvgIpc) is 3.47. The Hall–Kier alpha value is -2.78. The van der Waals surface area contributed by atoms with E-state index in [0.29, 0.717) is 21.7 Å². The van der Waals surface area contributed by atoms with Crippen LogP contribution in [-0.4, -0.2) is 34.3 Å². The van der Waals surface area contributed by atoms with Crippen LogP contribution in [0.15, 0.2) is 84.9 Å². The summed E-state index contributed by atoms with van der Waals surface area (Å²) in [5.74, 6) is 0. The van der Waals surface area contributed by atoms with Gasteiger partial charge in [-0.05, 0) is 0 Å². The summed E-state index contributed by atoms with van der Waals surface area (Å²) in [7, 11) is -1.70. The Labute approximate surface area is 214 Å². The van der Waals surface area contributed by atoms with E-state index in [1.807, 2.05) is 0 Å². The number of benzene rings is 4. The number of aryl methyl sites for hydroxylation is 1. The van der Waals surface area contributed by atoms with Gasteiger partial charge in [-0.15, -0.1) is 0 Å². The molecule has 0 radical (unpaired) electrons. The zero-order valence-electron chi connectivity index (χ0n) is 20.1. The molecule has 0 fully saturated rings. The van der Waals surface area contributed by atoms with Gasteiger partial charge in [0.1, 0.15) is 0 Å². The second kappa shape index (κ2) is 7.13. The zero-order valence-corrected chi connectivity index (χ0v) is 22.9. The molecule has 0 spiro atoms. The second-order valence-corrected chi connectivity index (χ2v) is 17.4. The van der Waals surface area contributed by atoms with E-state index in [1.54, 1.807) is 41.2 Å². The topological polar surface area (TPSA) is 4.93 Å². The van der Waals surface area contributed by atoms with Gasteiger partial charge in [0, 0.05) is 0 Å². The third-order valence-corrected chi connectivity index (χ3v) is 14.7. The summed E-state index contributed by atoms with van der Waals surface area (Å²) in [4.78, 5) is 0. The number of aromatic nitrogens is 1. The molecule has 0 amide bonds. The first-order valence-electron chi connectivity index (χ1n) is 12.8. The van der Waals surface area contributed by atoms with Gasteiger partial charge < -0.3 is 0 Å². The minimum absolute atomic E-state index is 0.329. The van der Waals surface area contributed by atoms with Gasteiger partial charge in [0.05, 0.1) is 0 Å². The van der Waals surface area contributed by atoms with E-state index in [2.05, 4.69) is 103 Å². The molecule has 5 aromatic rings. The summed E-state index contributed by atoms with van der Waals surface area (Å²) in [5.41, 5.74) is 10.6. The van der Waals surface area contributed by atoms with Crippen molar-refractivity contribution in [2.45, 2.75) is 32.4 Å². The van der Waals surface area contributed by atoms with E-state index in [-0.39, 0.29) is 0 Å². The molecule has 4 heteroatoms. The molecule has 4 aromatic carbocycles. The van der Waals surface area contributed by atoms with Crippen LogP contribution in [-0.2, 0) is 12.8 Å². The van der Waals surface area contributed by atoms with E-state index in [9.17, 15) is 0 Å². The number of fused-ring (bicyclic) bond motifs is 7. The molecule has 168 valence electrons. The maximum atomic E-state index is 2.57. The Morgan fingerprint density at radius 1 is 0.771 bits per heavy atom. The van der Waals surface area contributed by atoms with E-state index < -0.39 is 8.07 Å². The van der Waals surface area contributed by atoms with Crippen LogP contribution in [0.3, 0.4) is 0 Å². The molecule has 1 aromatic heterocycles. The molecular formula is C31H26BNSeSi. The average molecular weight is 530 g/mol. The standard InChI is InChI=1S/C31H26BNSeSi/c1-35(2)29-15-6-4-11-24(29)32-23-18-17-20(19-28(23)34-27-14-8-16-30(35)31(27)32)33-25-12-5-3-9-21(25)22-10-7-13-26(22)33/h3-6,8-9,11-12,14-19H,7,10,13H2,1-2H3. The van der Waals surface area contributed by atoms with Crippen LogP contribution >= 0.6 is 0 Å². The number of hydrogen-bond donors (Lipinski definition) is 0. The van der Waals surface area contributed by atoms with E-state index in [0.717, 1.165) is 0 Å². The molecule has 0 saturated carbocycles. The van der Waals surface area contributed by atoms with Crippen molar-refractivity contribution in [1.82, 2.24) is 4.57 Å². The van der Waals surface area contributed by atoms with Crippen molar-refractivity contribution in [3.8, 4) is 5.69 Å². The van der Waals surface area contributed by atoms with E-state index in [1.165, 1.54) is 41.5 Å². The molecule has 0 N–H and O–H groups in total. The van der Waals surface area contributed by atoms with Crippen molar-refractivity contribution < 1.29 is 0 Å². The molecule has 2 aliphatic heterocycles. The zero-order chi connectivity index (χ0) is 23.3. The fourth-order valence-electron chi connectivity index (χ4n) is 7.15. The van der Waals surface area contributed by atoms with Gasteiger partial charge in [-0.25, -0.2) is 0 Å². The molecule has 3 aliphatic rings. The molecule has 1 aliphatic carbocycles. The van der Waals surface area contributed by atoms with Crippen LogP contribution in [0.4, 0.5) is 0 Å². The Morgan fingerprint density at radius 3 is 2.54 bits per heavy atom. The van der Waals surface area contributed by atoms with Crippen molar-refractivity contribution >= 4 is 76.3 Å². The summed E-state index contributed by atoms with van der Waals surface area (Å²) in [6.45, 7) is 5.46. The molecule has 35 heavy (non-hydrogen) atoms. The van der Waals surface area contributed by atoms with Crippen molar-refractivity contribution in [2.24, 2.45) is 0 Å². The van der Waals surface area contributed by atoms with Crippen LogP contribution in [0.5, 0.6) is 0 Å². The summed E-state index contributed by atoms with van der Waals surface area (Å²) in [6, 6.07) is 33.0. The normalized spacial score (nSPS) is 16.6. The van der Waals surface area contributed by atoms with Crippen LogP contribution in [0.25, 0.3) is 16.6 Å². The third-order valence-electron chi connectivity index (χ3n) is 8.69. The molecule has 0 bridgehead atoms.